The molecule has 0 aliphatic heterocycles. The Morgan fingerprint density at radius 2 is 1.46 bits per heavy atom. The number of hydrogen-bond donors (Lipinski definition) is 0. The van der Waals surface area contributed by atoms with Gasteiger partial charge in [0.2, 0.25) is 5.91 Å². The Hall–Kier alpha value is 0.680. The first-order valence-electron chi connectivity index (χ1n) is 7.27. The van der Waals surface area contributed by atoms with Crippen molar-refractivity contribution < 1.29 is 14.3 Å². The second-order valence-corrected chi connectivity index (χ2v) is 10.3. The van der Waals surface area contributed by atoms with Crippen molar-refractivity contribution in [3.05, 3.63) is 0 Å². The van der Waals surface area contributed by atoms with Crippen LogP contribution >= 0.6 is 69.6 Å². The molecule has 0 radical (unpaired) electrons. The molecular weight excluding hydrogens is 443 g/mol. The van der Waals surface area contributed by atoms with Crippen LogP contribution < -0.4 is 0 Å². The molecule has 142 valence electrons. The van der Waals surface area contributed by atoms with Crippen molar-refractivity contribution in [2.45, 2.75) is 47.2 Å². The molecule has 0 saturated heterocycles. The van der Waals surface area contributed by atoms with E-state index in [9.17, 15) is 9.59 Å². The van der Waals surface area contributed by atoms with Gasteiger partial charge in [0.05, 0.1) is 6.61 Å². The molecule has 0 bridgehead atoms. The van der Waals surface area contributed by atoms with Crippen molar-refractivity contribution in [3.63, 3.8) is 0 Å². The molecule has 0 aromatic carbocycles. The Morgan fingerprint density at radius 1 is 1.00 bits per heavy atom. The van der Waals surface area contributed by atoms with Gasteiger partial charge in [0.25, 0.3) is 0 Å². The zero-order valence-corrected chi connectivity index (χ0v) is 18.3. The van der Waals surface area contributed by atoms with Gasteiger partial charge in [-0.05, 0) is 13.3 Å². The summed E-state index contributed by atoms with van der Waals surface area (Å²) in [5, 5.41) is 0. The summed E-state index contributed by atoms with van der Waals surface area (Å²) in [7, 11) is 1.47. The molecule has 0 rings (SSSR count). The normalized spacial score (nSPS) is 16.2. The van der Waals surface area contributed by atoms with E-state index in [4.69, 9.17) is 74.3 Å². The van der Waals surface area contributed by atoms with Crippen molar-refractivity contribution >= 4 is 81.5 Å². The lowest BCUT2D eigenvalue weighted by Crippen LogP contribution is -2.46. The molecule has 0 heterocycles. The number of halogens is 6. The van der Waals surface area contributed by atoms with Gasteiger partial charge in [0, 0.05) is 25.3 Å². The first-order chi connectivity index (χ1) is 10.7. The van der Waals surface area contributed by atoms with Crippen molar-refractivity contribution in [2.75, 3.05) is 13.7 Å². The Kier molecular flexibility index (Phi) is 10.4. The predicted molar refractivity (Wildman–Crippen MR) is 101 cm³/mol. The number of esters is 1. The number of carbonyl (C=O) groups excluding carboxylic acids is 2. The lowest BCUT2D eigenvalue weighted by atomic mass is 10.0. The summed E-state index contributed by atoms with van der Waals surface area (Å²) in [4.78, 5) is 25.9. The van der Waals surface area contributed by atoms with Crippen LogP contribution in [0.1, 0.15) is 33.6 Å². The predicted octanol–water partition coefficient (Wildman–Crippen LogP) is 5.17. The maximum absolute atomic E-state index is 12.4. The first kappa shape index (κ1) is 24.7. The highest BCUT2D eigenvalue weighted by molar-refractivity contribution is 6.68. The van der Waals surface area contributed by atoms with Crippen LogP contribution in [0.15, 0.2) is 0 Å². The molecular formula is C14H21Cl6NO3. The maximum Gasteiger partial charge on any atom is 0.328 e. The summed E-state index contributed by atoms with van der Waals surface area (Å²) in [5.74, 6) is -1.97. The summed E-state index contributed by atoms with van der Waals surface area (Å²) in [6.07, 6.45) is 0.0742. The third kappa shape index (κ3) is 8.37. The van der Waals surface area contributed by atoms with E-state index in [1.807, 2.05) is 0 Å². The van der Waals surface area contributed by atoms with Gasteiger partial charge in [-0.3, -0.25) is 4.79 Å². The lowest BCUT2D eigenvalue weighted by molar-refractivity contribution is -0.154. The van der Waals surface area contributed by atoms with Crippen LogP contribution in [0, 0.1) is 11.8 Å². The quantitative estimate of drug-likeness (QED) is 0.386. The second kappa shape index (κ2) is 10.1. The molecule has 0 aliphatic rings. The highest BCUT2D eigenvalue weighted by atomic mass is 35.6. The molecule has 3 atom stereocenters. The fourth-order valence-corrected chi connectivity index (χ4v) is 2.31. The fourth-order valence-electron chi connectivity index (χ4n) is 1.81. The average Bonchev–Trinajstić information content (AvgIpc) is 2.41. The summed E-state index contributed by atoms with van der Waals surface area (Å²) in [6, 6.07) is -0.898. The molecule has 0 saturated carbocycles. The van der Waals surface area contributed by atoms with E-state index >= 15 is 0 Å². The van der Waals surface area contributed by atoms with Crippen LogP contribution in [-0.4, -0.2) is 44.1 Å². The molecule has 1 amide bonds. The van der Waals surface area contributed by atoms with Gasteiger partial charge in [-0.1, -0.05) is 83.5 Å². The van der Waals surface area contributed by atoms with Crippen LogP contribution in [0.2, 0.25) is 0 Å². The average molecular weight is 464 g/mol. The van der Waals surface area contributed by atoms with Crippen LogP contribution in [0.25, 0.3) is 0 Å². The zero-order chi connectivity index (χ0) is 19.3. The van der Waals surface area contributed by atoms with Gasteiger partial charge in [-0.2, -0.15) is 0 Å². The van der Waals surface area contributed by atoms with Crippen molar-refractivity contribution in [1.29, 1.82) is 0 Å². The number of carbonyl (C=O) groups is 2. The van der Waals surface area contributed by atoms with E-state index in [0.29, 0.717) is 0 Å². The molecule has 0 spiro atoms. The van der Waals surface area contributed by atoms with Gasteiger partial charge < -0.3 is 9.64 Å². The van der Waals surface area contributed by atoms with Crippen LogP contribution in [0.5, 0.6) is 0 Å². The monoisotopic (exact) mass is 461 g/mol. The Morgan fingerprint density at radius 3 is 1.83 bits per heavy atom. The number of rotatable bonds is 7. The van der Waals surface area contributed by atoms with Crippen molar-refractivity contribution in [2.24, 2.45) is 11.8 Å². The molecule has 0 aliphatic carbocycles. The van der Waals surface area contributed by atoms with Gasteiger partial charge >= 0.3 is 5.97 Å². The van der Waals surface area contributed by atoms with E-state index in [2.05, 4.69) is 0 Å². The van der Waals surface area contributed by atoms with Crippen LogP contribution in [0.3, 0.4) is 0 Å². The zero-order valence-electron chi connectivity index (χ0n) is 13.8. The molecule has 0 fully saturated rings. The minimum absolute atomic E-state index is 0.0505. The topological polar surface area (TPSA) is 46.6 Å². The van der Waals surface area contributed by atoms with E-state index in [-0.39, 0.29) is 25.4 Å². The molecule has 0 N–H and O–H groups in total. The van der Waals surface area contributed by atoms with Gasteiger partial charge in [0.15, 0.2) is 7.59 Å². The largest absolute Gasteiger partial charge is 0.464 e. The molecule has 4 nitrogen and oxygen atoms in total. The third-order valence-electron chi connectivity index (χ3n) is 3.59. The highest BCUT2D eigenvalue weighted by Gasteiger charge is 2.38. The Bertz CT molecular complexity index is 435. The number of alkyl halides is 6. The van der Waals surface area contributed by atoms with Crippen LogP contribution in [0.4, 0.5) is 0 Å². The minimum Gasteiger partial charge on any atom is -0.464 e. The summed E-state index contributed by atoms with van der Waals surface area (Å²) >= 11 is 34.9. The highest BCUT2D eigenvalue weighted by Crippen LogP contribution is 2.39. The van der Waals surface area contributed by atoms with Crippen LogP contribution in [-0.2, 0) is 14.3 Å². The number of amides is 1. The van der Waals surface area contributed by atoms with Gasteiger partial charge in [0.1, 0.15) is 6.04 Å². The Labute approximate surface area is 172 Å². The van der Waals surface area contributed by atoms with E-state index < -0.39 is 31.4 Å². The molecule has 0 aromatic heterocycles. The van der Waals surface area contributed by atoms with E-state index in [0.717, 1.165) is 0 Å². The maximum atomic E-state index is 12.4. The van der Waals surface area contributed by atoms with Gasteiger partial charge in [-0.15, -0.1) is 0 Å². The van der Waals surface area contributed by atoms with E-state index in [1.165, 1.54) is 11.9 Å². The fraction of sp³-hybridized carbons (Fsp3) is 0.857. The number of ether oxygens (including phenoxy) is 1. The molecule has 24 heavy (non-hydrogen) atoms. The molecule has 0 aromatic rings. The number of hydrogen-bond acceptors (Lipinski definition) is 3. The first-order valence-corrected chi connectivity index (χ1v) is 9.54. The van der Waals surface area contributed by atoms with Gasteiger partial charge in [-0.25, -0.2) is 4.79 Å². The SMILES string of the molecule is CCOC(=O)[C@H](C[C@H](C)C(Cl)(Cl)Cl)N(C)C(=O)C[C@H](C)C(Cl)(Cl)Cl. The Balaban J connectivity index is 5.20. The standard InChI is InChI=1S/C14H21Cl6NO3/c1-5-24-12(23)10(6-8(2)13(15,16)17)21(4)11(22)7-9(3)14(18,19)20/h8-10H,5-7H2,1-4H3/t8-,9-,10-/m0/s1. The number of likely N-dealkylation sites (N-methyl/N-ethyl adjacent to an activating group) is 1. The molecule has 10 heteroatoms. The second-order valence-electron chi connectivity index (χ2n) is 5.60. The molecule has 0 unspecified atom stereocenters. The smallest absolute Gasteiger partial charge is 0.328 e. The number of nitrogens with zero attached hydrogens (tertiary/aromatic N) is 1. The minimum atomic E-state index is -1.58. The third-order valence-corrected chi connectivity index (χ3v) is 5.83. The summed E-state index contributed by atoms with van der Waals surface area (Å²) in [5.41, 5.74) is 0. The van der Waals surface area contributed by atoms with E-state index in [1.54, 1.807) is 20.8 Å². The summed E-state index contributed by atoms with van der Waals surface area (Å²) in [6.45, 7) is 5.13. The van der Waals surface area contributed by atoms with Crippen molar-refractivity contribution in [1.82, 2.24) is 4.90 Å². The lowest BCUT2D eigenvalue weighted by Gasteiger charge is -2.32. The van der Waals surface area contributed by atoms with Crippen molar-refractivity contribution in [3.8, 4) is 0 Å². The summed E-state index contributed by atoms with van der Waals surface area (Å²) < 4.78 is 1.87.